The minimum Gasteiger partial charge on any atom is -0.465 e. The Kier molecular flexibility index (Phi) is 6.64. The van der Waals surface area contributed by atoms with Gasteiger partial charge in [-0.1, -0.05) is 11.6 Å². The Labute approximate surface area is 177 Å². The van der Waals surface area contributed by atoms with Crippen LogP contribution >= 0.6 is 11.6 Å². The standard InChI is InChI=1S/C16H11ClF8N4O3/c1-29-10(9(15(20,21)22)11(28-29)14(18,19)16(23,24)25)12(30)27-7-2-3-8(17)6(4-7)5-26-13(31)32/h2-4,26H,5H2,1H3,(H,27,30)(H,31,32). The Morgan fingerprint density at radius 3 is 2.22 bits per heavy atom. The molecule has 176 valence electrons. The van der Waals surface area contributed by atoms with Crippen LogP contribution in [0.1, 0.15) is 27.3 Å². The summed E-state index contributed by atoms with van der Waals surface area (Å²) in [6.45, 7) is -0.362. The molecule has 0 saturated carbocycles. The number of carbonyl (C=O) groups is 2. The predicted octanol–water partition coefficient (Wildman–Crippen LogP) is 4.77. The van der Waals surface area contributed by atoms with E-state index >= 15 is 0 Å². The topological polar surface area (TPSA) is 96.3 Å². The monoisotopic (exact) mass is 494 g/mol. The fourth-order valence-corrected chi connectivity index (χ4v) is 2.74. The van der Waals surface area contributed by atoms with Crippen molar-refractivity contribution < 1.29 is 49.8 Å². The van der Waals surface area contributed by atoms with Crippen LogP contribution < -0.4 is 10.6 Å². The SMILES string of the molecule is Cn1nc(C(F)(F)C(F)(F)F)c(C(F)(F)F)c1C(=O)Nc1ccc(Cl)c(CNC(=O)O)c1. The van der Waals surface area contributed by atoms with Gasteiger partial charge >= 0.3 is 24.4 Å². The highest BCUT2D eigenvalue weighted by atomic mass is 35.5. The molecular weight excluding hydrogens is 484 g/mol. The third-order valence-electron chi connectivity index (χ3n) is 3.93. The van der Waals surface area contributed by atoms with Gasteiger partial charge in [-0.25, -0.2) is 4.79 Å². The number of aryl methyl sites for hydroxylation is 1. The summed E-state index contributed by atoms with van der Waals surface area (Å²) in [5.74, 6) is -7.69. The second-order valence-electron chi connectivity index (χ2n) is 6.18. The van der Waals surface area contributed by atoms with Crippen molar-refractivity contribution in [2.75, 3.05) is 5.32 Å². The summed E-state index contributed by atoms with van der Waals surface area (Å²) in [5.41, 5.74) is -7.00. The molecule has 0 bridgehead atoms. The van der Waals surface area contributed by atoms with Gasteiger partial charge in [-0.05, 0) is 23.8 Å². The summed E-state index contributed by atoms with van der Waals surface area (Å²) < 4.78 is 106. The average Bonchev–Trinajstić information content (AvgIpc) is 2.99. The molecule has 0 fully saturated rings. The maximum absolute atomic E-state index is 13.7. The van der Waals surface area contributed by atoms with E-state index in [4.69, 9.17) is 16.7 Å². The van der Waals surface area contributed by atoms with E-state index in [1.807, 2.05) is 10.6 Å². The lowest BCUT2D eigenvalue weighted by molar-refractivity contribution is -0.292. The Hall–Kier alpha value is -3.10. The summed E-state index contributed by atoms with van der Waals surface area (Å²) in [6, 6.07) is 3.29. The first kappa shape index (κ1) is 25.2. The van der Waals surface area contributed by atoms with E-state index in [1.54, 1.807) is 0 Å². The van der Waals surface area contributed by atoms with Gasteiger partial charge in [0.1, 0.15) is 11.3 Å². The molecule has 32 heavy (non-hydrogen) atoms. The van der Waals surface area contributed by atoms with Crippen molar-refractivity contribution in [3.8, 4) is 0 Å². The van der Waals surface area contributed by atoms with Crippen molar-refractivity contribution in [3.63, 3.8) is 0 Å². The number of anilines is 1. The van der Waals surface area contributed by atoms with Crippen LogP contribution in [0.3, 0.4) is 0 Å². The van der Waals surface area contributed by atoms with Crippen molar-refractivity contribution in [2.45, 2.75) is 24.8 Å². The maximum Gasteiger partial charge on any atom is 0.459 e. The van der Waals surface area contributed by atoms with E-state index in [1.165, 1.54) is 0 Å². The van der Waals surface area contributed by atoms with Crippen molar-refractivity contribution in [2.24, 2.45) is 7.05 Å². The van der Waals surface area contributed by atoms with E-state index in [0.717, 1.165) is 18.2 Å². The van der Waals surface area contributed by atoms with Crippen LogP contribution in [0.25, 0.3) is 0 Å². The molecule has 2 aromatic rings. The highest BCUT2D eigenvalue weighted by Gasteiger charge is 2.64. The van der Waals surface area contributed by atoms with Gasteiger partial charge in [0.05, 0.1) is 0 Å². The number of nitrogens with one attached hydrogen (secondary N) is 2. The number of rotatable bonds is 5. The Morgan fingerprint density at radius 1 is 1.12 bits per heavy atom. The molecule has 0 spiro atoms. The molecule has 0 unspecified atom stereocenters. The third kappa shape index (κ3) is 5.03. The molecular formula is C16H11ClF8N4O3. The van der Waals surface area contributed by atoms with Crippen molar-refractivity contribution in [3.05, 3.63) is 45.7 Å². The summed E-state index contributed by atoms with van der Waals surface area (Å²) in [7, 11) is 0.587. The molecule has 3 N–H and O–H groups in total. The van der Waals surface area contributed by atoms with Gasteiger partial charge in [0.2, 0.25) is 0 Å². The summed E-state index contributed by atoms with van der Waals surface area (Å²) >= 11 is 5.84. The largest absolute Gasteiger partial charge is 0.465 e. The number of carboxylic acid groups (broad SMARTS) is 1. The van der Waals surface area contributed by atoms with Crippen LogP contribution in [0.15, 0.2) is 18.2 Å². The maximum atomic E-state index is 13.7. The molecule has 16 heteroatoms. The first-order valence-corrected chi connectivity index (χ1v) is 8.50. The van der Waals surface area contributed by atoms with Crippen molar-refractivity contribution in [1.29, 1.82) is 0 Å². The average molecular weight is 495 g/mol. The van der Waals surface area contributed by atoms with E-state index in [-0.39, 0.29) is 27.5 Å². The van der Waals surface area contributed by atoms with Crippen molar-refractivity contribution >= 4 is 29.3 Å². The molecule has 1 aromatic carbocycles. The molecule has 0 aliphatic carbocycles. The van der Waals surface area contributed by atoms with Crippen LogP contribution in [-0.2, 0) is 25.7 Å². The first-order valence-electron chi connectivity index (χ1n) is 8.12. The summed E-state index contributed by atoms with van der Waals surface area (Å²) in [5, 5.41) is 15.1. The lowest BCUT2D eigenvalue weighted by Gasteiger charge is -2.19. The van der Waals surface area contributed by atoms with Gasteiger partial charge in [-0.3, -0.25) is 9.48 Å². The smallest absolute Gasteiger partial charge is 0.459 e. The minimum absolute atomic E-state index is 0.0142. The number of hydrogen-bond acceptors (Lipinski definition) is 3. The molecule has 0 aliphatic rings. The van der Waals surface area contributed by atoms with E-state index in [9.17, 15) is 44.7 Å². The van der Waals surface area contributed by atoms with Gasteiger partial charge in [0, 0.05) is 24.3 Å². The highest BCUT2D eigenvalue weighted by molar-refractivity contribution is 6.31. The quantitative estimate of drug-likeness (QED) is 0.522. The van der Waals surface area contributed by atoms with Gasteiger partial charge in [0.15, 0.2) is 5.69 Å². The predicted molar refractivity (Wildman–Crippen MR) is 92.4 cm³/mol. The number of amides is 2. The fourth-order valence-electron chi connectivity index (χ4n) is 2.56. The second-order valence-corrected chi connectivity index (χ2v) is 6.59. The first-order chi connectivity index (χ1) is 14.5. The Bertz CT molecular complexity index is 1050. The van der Waals surface area contributed by atoms with Gasteiger partial charge in [-0.15, -0.1) is 0 Å². The van der Waals surface area contributed by atoms with E-state index in [0.29, 0.717) is 7.05 Å². The number of carbonyl (C=O) groups excluding carboxylic acids is 1. The summed E-state index contributed by atoms with van der Waals surface area (Å²) in [6.07, 6.45) is -13.6. The number of aromatic nitrogens is 2. The number of nitrogens with zero attached hydrogens (tertiary/aromatic N) is 2. The zero-order valence-electron chi connectivity index (χ0n) is 15.5. The highest BCUT2D eigenvalue weighted by Crippen LogP contribution is 2.48. The molecule has 2 rings (SSSR count). The normalized spacial score (nSPS) is 12.6. The van der Waals surface area contributed by atoms with Gasteiger partial charge in [0.25, 0.3) is 5.91 Å². The van der Waals surface area contributed by atoms with Crippen LogP contribution in [0.2, 0.25) is 5.02 Å². The molecule has 0 radical (unpaired) electrons. The lowest BCUT2D eigenvalue weighted by Crippen LogP contribution is -2.36. The van der Waals surface area contributed by atoms with Crippen LogP contribution in [-0.4, -0.2) is 33.1 Å². The number of benzene rings is 1. The Balaban J connectivity index is 2.52. The molecule has 1 heterocycles. The van der Waals surface area contributed by atoms with Crippen LogP contribution in [0.4, 0.5) is 45.6 Å². The number of hydrogen-bond donors (Lipinski definition) is 3. The lowest BCUT2D eigenvalue weighted by atomic mass is 10.1. The molecule has 0 saturated heterocycles. The van der Waals surface area contributed by atoms with Gasteiger partial charge in [-0.2, -0.15) is 40.2 Å². The van der Waals surface area contributed by atoms with Crippen LogP contribution in [0, 0.1) is 0 Å². The number of halogens is 9. The van der Waals surface area contributed by atoms with Gasteiger partial charge < -0.3 is 15.7 Å². The molecule has 1 aromatic heterocycles. The number of alkyl halides is 8. The zero-order valence-corrected chi connectivity index (χ0v) is 16.3. The van der Waals surface area contributed by atoms with Crippen molar-refractivity contribution in [1.82, 2.24) is 15.1 Å². The molecule has 7 nitrogen and oxygen atoms in total. The Morgan fingerprint density at radius 2 is 1.72 bits per heavy atom. The third-order valence-corrected chi connectivity index (χ3v) is 4.30. The molecule has 0 aliphatic heterocycles. The minimum atomic E-state index is -6.41. The van der Waals surface area contributed by atoms with E-state index in [2.05, 4.69) is 5.10 Å². The zero-order chi connectivity index (χ0) is 24.6. The van der Waals surface area contributed by atoms with Crippen LogP contribution in [0.5, 0.6) is 0 Å². The van der Waals surface area contributed by atoms with E-state index < -0.39 is 47.2 Å². The second kappa shape index (κ2) is 8.44. The molecule has 0 atom stereocenters. The fraction of sp³-hybridized carbons (Fsp3) is 0.312. The molecule has 2 amide bonds. The summed E-state index contributed by atoms with van der Waals surface area (Å²) in [4.78, 5) is 23.0.